The van der Waals surface area contributed by atoms with Gasteiger partial charge in [0, 0.05) is 11.3 Å². The lowest BCUT2D eigenvalue weighted by Crippen LogP contribution is -2.15. The summed E-state index contributed by atoms with van der Waals surface area (Å²) < 4.78 is 11.3. The van der Waals surface area contributed by atoms with E-state index in [1.807, 2.05) is 45.0 Å². The van der Waals surface area contributed by atoms with Crippen LogP contribution in [-0.4, -0.2) is 13.0 Å². The monoisotopic (exact) mass is 451 g/mol. The average molecular weight is 452 g/mol. The van der Waals surface area contributed by atoms with Crippen LogP contribution in [0.15, 0.2) is 60.2 Å². The van der Waals surface area contributed by atoms with E-state index in [0.29, 0.717) is 28.3 Å². The first-order chi connectivity index (χ1) is 16.3. The SMILES string of the molecule is COc1ccc(/C=C(\C#N)C(=O)Nc2c(C)cc(C)cc2C)cc1COc1ccc(C#N)cc1. The lowest BCUT2D eigenvalue weighted by atomic mass is 10.0. The molecule has 0 heterocycles. The Morgan fingerprint density at radius 3 is 2.26 bits per heavy atom. The highest BCUT2D eigenvalue weighted by atomic mass is 16.5. The van der Waals surface area contributed by atoms with E-state index < -0.39 is 5.91 Å². The third kappa shape index (κ3) is 5.82. The van der Waals surface area contributed by atoms with Crippen molar-refractivity contribution in [2.24, 2.45) is 0 Å². The predicted octanol–water partition coefficient (Wildman–Crippen LogP) is 5.62. The first-order valence-electron chi connectivity index (χ1n) is 10.7. The molecule has 0 aliphatic heterocycles. The Morgan fingerprint density at radius 1 is 1.00 bits per heavy atom. The molecular formula is C28H25N3O3. The Labute approximate surface area is 199 Å². The van der Waals surface area contributed by atoms with Gasteiger partial charge in [0.1, 0.15) is 29.7 Å². The highest BCUT2D eigenvalue weighted by Gasteiger charge is 2.14. The van der Waals surface area contributed by atoms with Gasteiger partial charge in [-0.05, 0) is 79.9 Å². The minimum atomic E-state index is -0.469. The van der Waals surface area contributed by atoms with Crippen molar-refractivity contribution < 1.29 is 14.3 Å². The highest BCUT2D eigenvalue weighted by Crippen LogP contribution is 2.25. The first-order valence-corrected chi connectivity index (χ1v) is 10.7. The molecule has 0 aromatic heterocycles. The summed E-state index contributed by atoms with van der Waals surface area (Å²) in [7, 11) is 1.57. The summed E-state index contributed by atoms with van der Waals surface area (Å²) in [5, 5.41) is 21.4. The quantitative estimate of drug-likeness (QED) is 0.372. The van der Waals surface area contributed by atoms with Crippen molar-refractivity contribution in [1.29, 1.82) is 10.5 Å². The van der Waals surface area contributed by atoms with Crippen LogP contribution < -0.4 is 14.8 Å². The maximum atomic E-state index is 12.8. The molecule has 6 nitrogen and oxygen atoms in total. The molecule has 1 N–H and O–H groups in total. The van der Waals surface area contributed by atoms with Crippen LogP contribution >= 0.6 is 0 Å². The number of carbonyl (C=O) groups is 1. The van der Waals surface area contributed by atoms with Crippen LogP contribution in [0.1, 0.15) is 33.4 Å². The summed E-state index contributed by atoms with van der Waals surface area (Å²) in [5.41, 5.74) is 5.66. The van der Waals surface area contributed by atoms with E-state index in [9.17, 15) is 10.1 Å². The number of nitrogens with one attached hydrogen (secondary N) is 1. The Bertz CT molecular complexity index is 1300. The molecule has 170 valence electrons. The number of amides is 1. The van der Waals surface area contributed by atoms with Crippen LogP contribution in [0.4, 0.5) is 5.69 Å². The average Bonchev–Trinajstić information content (AvgIpc) is 2.83. The van der Waals surface area contributed by atoms with Crippen molar-refractivity contribution in [2.75, 3.05) is 12.4 Å². The topological polar surface area (TPSA) is 95.1 Å². The number of hydrogen-bond acceptors (Lipinski definition) is 5. The number of anilines is 1. The second-order valence-electron chi connectivity index (χ2n) is 7.89. The Kier molecular flexibility index (Phi) is 7.69. The van der Waals surface area contributed by atoms with Gasteiger partial charge in [-0.1, -0.05) is 23.8 Å². The van der Waals surface area contributed by atoms with E-state index >= 15 is 0 Å². The molecule has 0 radical (unpaired) electrons. The largest absolute Gasteiger partial charge is 0.496 e. The number of methoxy groups -OCH3 is 1. The molecule has 6 heteroatoms. The maximum Gasteiger partial charge on any atom is 0.266 e. The minimum Gasteiger partial charge on any atom is -0.496 e. The van der Waals surface area contributed by atoms with E-state index in [1.54, 1.807) is 49.6 Å². The van der Waals surface area contributed by atoms with Gasteiger partial charge in [0.15, 0.2) is 0 Å². The molecule has 0 unspecified atom stereocenters. The van der Waals surface area contributed by atoms with E-state index in [0.717, 1.165) is 22.3 Å². The van der Waals surface area contributed by atoms with Gasteiger partial charge in [-0.25, -0.2) is 0 Å². The van der Waals surface area contributed by atoms with Gasteiger partial charge in [0.05, 0.1) is 18.7 Å². The molecule has 0 saturated carbocycles. The lowest BCUT2D eigenvalue weighted by molar-refractivity contribution is -0.112. The Morgan fingerprint density at radius 2 is 1.68 bits per heavy atom. The fourth-order valence-electron chi connectivity index (χ4n) is 3.66. The smallest absolute Gasteiger partial charge is 0.266 e. The summed E-state index contributed by atoms with van der Waals surface area (Å²) in [6.07, 6.45) is 1.54. The van der Waals surface area contributed by atoms with Gasteiger partial charge in [-0.2, -0.15) is 10.5 Å². The molecule has 34 heavy (non-hydrogen) atoms. The molecule has 0 bridgehead atoms. The minimum absolute atomic E-state index is 0.0106. The molecule has 0 atom stereocenters. The van der Waals surface area contributed by atoms with Crippen LogP contribution in [0.25, 0.3) is 6.08 Å². The van der Waals surface area contributed by atoms with Gasteiger partial charge >= 0.3 is 0 Å². The summed E-state index contributed by atoms with van der Waals surface area (Å²) in [6.45, 7) is 6.06. The van der Waals surface area contributed by atoms with Gasteiger partial charge in [-0.3, -0.25) is 4.79 Å². The fraction of sp³-hybridized carbons (Fsp3) is 0.179. The van der Waals surface area contributed by atoms with Crippen molar-refractivity contribution in [3.63, 3.8) is 0 Å². The maximum absolute atomic E-state index is 12.8. The van der Waals surface area contributed by atoms with Gasteiger partial charge in [-0.15, -0.1) is 0 Å². The van der Waals surface area contributed by atoms with Crippen LogP contribution in [0, 0.1) is 43.4 Å². The molecule has 0 aliphatic carbocycles. The molecule has 3 aromatic rings. The third-order valence-electron chi connectivity index (χ3n) is 5.27. The predicted molar refractivity (Wildman–Crippen MR) is 131 cm³/mol. The number of ether oxygens (including phenoxy) is 2. The zero-order valence-electron chi connectivity index (χ0n) is 19.6. The normalized spacial score (nSPS) is 10.7. The van der Waals surface area contributed by atoms with Crippen LogP contribution in [0.3, 0.4) is 0 Å². The zero-order chi connectivity index (χ0) is 24.7. The highest BCUT2D eigenvalue weighted by molar-refractivity contribution is 6.10. The molecule has 0 aliphatic rings. The van der Waals surface area contributed by atoms with Crippen molar-refractivity contribution in [1.82, 2.24) is 0 Å². The van der Waals surface area contributed by atoms with Crippen LogP contribution in [0.2, 0.25) is 0 Å². The Hall–Kier alpha value is -4.55. The molecule has 0 spiro atoms. The molecular weight excluding hydrogens is 426 g/mol. The van der Waals surface area contributed by atoms with Gasteiger partial charge < -0.3 is 14.8 Å². The standard InChI is InChI=1S/C28H25N3O3/c1-18-11-19(2)27(20(3)12-18)31-28(32)23(16-30)13-22-7-10-26(33-4)24(14-22)17-34-25-8-5-21(15-29)6-9-25/h5-14H,17H2,1-4H3,(H,31,32)/b23-13+. The van der Waals surface area contributed by atoms with Gasteiger partial charge in [0.25, 0.3) is 5.91 Å². The van der Waals surface area contributed by atoms with E-state index in [1.165, 1.54) is 0 Å². The molecule has 0 fully saturated rings. The van der Waals surface area contributed by atoms with Crippen molar-refractivity contribution in [2.45, 2.75) is 27.4 Å². The van der Waals surface area contributed by atoms with Crippen LogP contribution in [-0.2, 0) is 11.4 Å². The first kappa shape index (κ1) is 24.1. The number of nitriles is 2. The number of carbonyl (C=O) groups excluding carboxylic acids is 1. The summed E-state index contributed by atoms with van der Waals surface area (Å²) >= 11 is 0. The van der Waals surface area contributed by atoms with Crippen molar-refractivity contribution in [3.05, 3.63) is 93.6 Å². The number of nitrogens with zero attached hydrogens (tertiary/aromatic N) is 2. The second kappa shape index (κ2) is 10.8. The number of aryl methyl sites for hydroxylation is 3. The summed E-state index contributed by atoms with van der Waals surface area (Å²) in [5.74, 6) is 0.770. The molecule has 0 saturated heterocycles. The third-order valence-corrected chi connectivity index (χ3v) is 5.27. The van der Waals surface area contributed by atoms with Crippen molar-refractivity contribution in [3.8, 4) is 23.6 Å². The van der Waals surface area contributed by atoms with Gasteiger partial charge in [0.2, 0.25) is 0 Å². The number of benzene rings is 3. The molecule has 3 rings (SSSR count). The van der Waals surface area contributed by atoms with Crippen molar-refractivity contribution >= 4 is 17.7 Å². The van der Waals surface area contributed by atoms with E-state index in [4.69, 9.17) is 14.7 Å². The fourth-order valence-corrected chi connectivity index (χ4v) is 3.66. The van der Waals surface area contributed by atoms with E-state index in [-0.39, 0.29) is 12.2 Å². The zero-order valence-corrected chi connectivity index (χ0v) is 19.6. The summed E-state index contributed by atoms with van der Waals surface area (Å²) in [4.78, 5) is 12.8. The lowest BCUT2D eigenvalue weighted by Gasteiger charge is -2.13. The number of rotatable bonds is 7. The summed E-state index contributed by atoms with van der Waals surface area (Å²) in [6, 6.07) is 20.2. The Balaban J connectivity index is 1.82. The van der Waals surface area contributed by atoms with Crippen LogP contribution in [0.5, 0.6) is 11.5 Å². The van der Waals surface area contributed by atoms with E-state index in [2.05, 4.69) is 11.4 Å². The number of hydrogen-bond donors (Lipinski definition) is 1. The molecule has 1 amide bonds. The molecule has 3 aromatic carbocycles. The second-order valence-corrected chi connectivity index (χ2v) is 7.89.